The maximum absolute atomic E-state index is 12.2. The summed E-state index contributed by atoms with van der Waals surface area (Å²) in [5, 5.41) is 6.93. The molecule has 0 radical (unpaired) electrons. The maximum atomic E-state index is 12.2. The highest BCUT2D eigenvalue weighted by Crippen LogP contribution is 2.20. The summed E-state index contributed by atoms with van der Waals surface area (Å²) in [6.45, 7) is 3.17. The smallest absolute Gasteiger partial charge is 0.227 e. The Kier molecular flexibility index (Phi) is 5.74. The summed E-state index contributed by atoms with van der Waals surface area (Å²) in [5.41, 5.74) is 2.87. The quantitative estimate of drug-likeness (QED) is 0.484. The normalized spacial score (nSPS) is 11.0. The Morgan fingerprint density at radius 3 is 2.73 bits per heavy atom. The van der Waals surface area contributed by atoms with Crippen molar-refractivity contribution in [1.29, 1.82) is 0 Å². The van der Waals surface area contributed by atoms with Crippen LogP contribution in [0.1, 0.15) is 18.1 Å². The molecule has 0 aliphatic rings. The highest BCUT2D eigenvalue weighted by Gasteiger charge is 2.11. The molecule has 0 fully saturated rings. The van der Waals surface area contributed by atoms with Crippen molar-refractivity contribution < 1.29 is 14.1 Å². The predicted molar refractivity (Wildman–Crippen MR) is 112 cm³/mol. The number of benzene rings is 2. The molecule has 2 heterocycles. The van der Waals surface area contributed by atoms with Gasteiger partial charge in [-0.3, -0.25) is 4.79 Å². The lowest BCUT2D eigenvalue weighted by molar-refractivity contribution is -0.121. The summed E-state index contributed by atoms with van der Waals surface area (Å²) in [6.07, 6.45) is 0.677. The Balaban J connectivity index is 1.27. The standard InChI is InChI=1S/C22H23N5O3/c1-15-24-18-5-3-4-6-19(18)27(15)14-13-23-20(28)11-12-21-25-22(26-30-21)16-7-9-17(29-2)10-8-16/h3-10H,11-14H2,1-2H3,(H,23,28). The minimum absolute atomic E-state index is 0.0544. The van der Waals surface area contributed by atoms with Gasteiger partial charge in [-0.05, 0) is 43.3 Å². The van der Waals surface area contributed by atoms with E-state index in [9.17, 15) is 4.79 Å². The van der Waals surface area contributed by atoms with E-state index in [1.165, 1.54) is 0 Å². The fourth-order valence-corrected chi connectivity index (χ4v) is 3.31. The van der Waals surface area contributed by atoms with Crippen LogP contribution in [0.3, 0.4) is 0 Å². The van der Waals surface area contributed by atoms with Crippen molar-refractivity contribution >= 4 is 16.9 Å². The van der Waals surface area contributed by atoms with E-state index < -0.39 is 0 Å². The monoisotopic (exact) mass is 405 g/mol. The highest BCUT2D eigenvalue weighted by atomic mass is 16.5. The number of carbonyl (C=O) groups excluding carboxylic acids is 1. The van der Waals surface area contributed by atoms with Gasteiger partial charge in [0.1, 0.15) is 11.6 Å². The van der Waals surface area contributed by atoms with Crippen molar-refractivity contribution in [3.05, 3.63) is 60.2 Å². The summed E-state index contributed by atoms with van der Waals surface area (Å²) in [6, 6.07) is 15.4. The van der Waals surface area contributed by atoms with Crippen LogP contribution in [0.15, 0.2) is 53.1 Å². The van der Waals surface area contributed by atoms with E-state index in [-0.39, 0.29) is 12.3 Å². The Morgan fingerprint density at radius 2 is 1.93 bits per heavy atom. The molecular formula is C22H23N5O3. The summed E-state index contributed by atoms with van der Waals surface area (Å²) < 4.78 is 12.5. The maximum Gasteiger partial charge on any atom is 0.227 e. The van der Waals surface area contributed by atoms with Gasteiger partial charge in [-0.15, -0.1) is 0 Å². The second kappa shape index (κ2) is 8.77. The number of aryl methyl sites for hydroxylation is 2. The molecule has 0 saturated heterocycles. The lowest BCUT2D eigenvalue weighted by Crippen LogP contribution is -2.27. The largest absolute Gasteiger partial charge is 0.497 e. The molecule has 8 heteroatoms. The average molecular weight is 405 g/mol. The van der Waals surface area contributed by atoms with Crippen LogP contribution in [0, 0.1) is 6.92 Å². The average Bonchev–Trinajstić information content (AvgIpc) is 3.37. The third-order valence-electron chi connectivity index (χ3n) is 4.89. The third-order valence-corrected chi connectivity index (χ3v) is 4.89. The molecule has 1 N–H and O–H groups in total. The van der Waals surface area contributed by atoms with Crippen LogP contribution < -0.4 is 10.1 Å². The number of hydrogen-bond donors (Lipinski definition) is 1. The van der Waals surface area contributed by atoms with E-state index in [1.807, 2.05) is 55.5 Å². The number of nitrogens with one attached hydrogen (secondary N) is 1. The number of amides is 1. The molecule has 4 aromatic rings. The fourth-order valence-electron chi connectivity index (χ4n) is 3.31. The van der Waals surface area contributed by atoms with Gasteiger partial charge in [0.2, 0.25) is 17.6 Å². The summed E-state index contributed by atoms with van der Waals surface area (Å²) in [7, 11) is 1.62. The first-order chi connectivity index (χ1) is 14.6. The van der Waals surface area contributed by atoms with Crippen LogP contribution in [-0.2, 0) is 17.8 Å². The zero-order chi connectivity index (χ0) is 20.9. The molecule has 0 unspecified atom stereocenters. The number of carbonyl (C=O) groups is 1. The minimum atomic E-state index is -0.0544. The Labute approximate surface area is 173 Å². The molecule has 30 heavy (non-hydrogen) atoms. The molecule has 0 bridgehead atoms. The minimum Gasteiger partial charge on any atom is -0.497 e. The van der Waals surface area contributed by atoms with Crippen molar-refractivity contribution in [2.45, 2.75) is 26.3 Å². The predicted octanol–water partition coefficient (Wildman–Crippen LogP) is 3.15. The van der Waals surface area contributed by atoms with Crippen LogP contribution in [0.5, 0.6) is 5.75 Å². The molecule has 0 saturated carbocycles. The lowest BCUT2D eigenvalue weighted by atomic mass is 10.2. The Bertz CT molecular complexity index is 1150. The molecule has 154 valence electrons. The number of methoxy groups -OCH3 is 1. The number of rotatable bonds is 8. The van der Waals surface area contributed by atoms with Gasteiger partial charge < -0.3 is 19.1 Å². The summed E-state index contributed by atoms with van der Waals surface area (Å²) >= 11 is 0. The number of para-hydroxylation sites is 2. The first-order valence-corrected chi connectivity index (χ1v) is 9.79. The van der Waals surface area contributed by atoms with Gasteiger partial charge in [-0.1, -0.05) is 17.3 Å². The zero-order valence-corrected chi connectivity index (χ0v) is 17.0. The number of imidazole rings is 1. The lowest BCUT2D eigenvalue weighted by Gasteiger charge is -2.08. The molecular weight excluding hydrogens is 382 g/mol. The van der Waals surface area contributed by atoms with Crippen LogP contribution >= 0.6 is 0 Å². The molecule has 0 aliphatic carbocycles. The molecule has 2 aromatic carbocycles. The van der Waals surface area contributed by atoms with Gasteiger partial charge in [0.05, 0.1) is 18.1 Å². The number of fused-ring (bicyclic) bond motifs is 1. The number of ether oxygens (including phenoxy) is 1. The van der Waals surface area contributed by atoms with E-state index in [0.29, 0.717) is 31.2 Å². The SMILES string of the molecule is COc1ccc(-c2noc(CCC(=O)NCCn3c(C)nc4ccccc43)n2)cc1. The van der Waals surface area contributed by atoms with Crippen LogP contribution in [0.4, 0.5) is 0 Å². The van der Waals surface area contributed by atoms with Crippen molar-refractivity contribution in [1.82, 2.24) is 25.0 Å². The van der Waals surface area contributed by atoms with Crippen LogP contribution in [0.25, 0.3) is 22.4 Å². The number of hydrogen-bond acceptors (Lipinski definition) is 6. The van der Waals surface area contributed by atoms with Gasteiger partial charge in [0, 0.05) is 31.5 Å². The van der Waals surface area contributed by atoms with Gasteiger partial charge in [0.25, 0.3) is 0 Å². The van der Waals surface area contributed by atoms with Crippen molar-refractivity contribution in [2.24, 2.45) is 0 Å². The van der Waals surface area contributed by atoms with Gasteiger partial charge in [-0.2, -0.15) is 4.98 Å². The van der Waals surface area contributed by atoms with Crippen molar-refractivity contribution in [3.63, 3.8) is 0 Å². The third kappa shape index (κ3) is 4.32. The second-order valence-electron chi connectivity index (χ2n) is 6.89. The first kappa shape index (κ1) is 19.6. The van der Waals surface area contributed by atoms with E-state index in [1.54, 1.807) is 7.11 Å². The van der Waals surface area contributed by atoms with Gasteiger partial charge in [0.15, 0.2) is 0 Å². The molecule has 4 rings (SSSR count). The number of nitrogens with zero attached hydrogens (tertiary/aromatic N) is 4. The molecule has 8 nitrogen and oxygen atoms in total. The first-order valence-electron chi connectivity index (χ1n) is 9.79. The van der Waals surface area contributed by atoms with Crippen molar-refractivity contribution in [3.8, 4) is 17.1 Å². The molecule has 0 spiro atoms. The second-order valence-corrected chi connectivity index (χ2v) is 6.89. The Morgan fingerprint density at radius 1 is 1.13 bits per heavy atom. The summed E-state index contributed by atoms with van der Waals surface area (Å²) in [5.74, 6) is 2.57. The van der Waals surface area contributed by atoms with Gasteiger partial charge in [-0.25, -0.2) is 4.98 Å². The van der Waals surface area contributed by atoms with E-state index in [2.05, 4.69) is 25.0 Å². The van der Waals surface area contributed by atoms with E-state index >= 15 is 0 Å². The zero-order valence-electron chi connectivity index (χ0n) is 17.0. The van der Waals surface area contributed by atoms with E-state index in [0.717, 1.165) is 28.2 Å². The van der Waals surface area contributed by atoms with Crippen LogP contribution in [0.2, 0.25) is 0 Å². The van der Waals surface area contributed by atoms with Gasteiger partial charge >= 0.3 is 0 Å². The topological polar surface area (TPSA) is 95.1 Å². The molecule has 0 atom stereocenters. The molecule has 1 amide bonds. The van der Waals surface area contributed by atoms with E-state index in [4.69, 9.17) is 9.26 Å². The highest BCUT2D eigenvalue weighted by molar-refractivity contribution is 5.77. The summed E-state index contributed by atoms with van der Waals surface area (Å²) in [4.78, 5) is 21.1. The van der Waals surface area contributed by atoms with Crippen LogP contribution in [-0.4, -0.2) is 39.3 Å². The molecule has 0 aliphatic heterocycles. The Hall–Kier alpha value is -3.68. The number of aromatic nitrogens is 4. The van der Waals surface area contributed by atoms with Crippen molar-refractivity contribution in [2.75, 3.05) is 13.7 Å². The fraction of sp³-hybridized carbons (Fsp3) is 0.273. The molecule has 2 aromatic heterocycles.